The van der Waals surface area contributed by atoms with Crippen LogP contribution >= 0.6 is 0 Å². The number of hydrogen-bond acceptors (Lipinski definition) is 6. The van der Waals surface area contributed by atoms with E-state index in [4.69, 9.17) is 9.47 Å². The zero-order chi connectivity index (χ0) is 26.5. The van der Waals surface area contributed by atoms with Crippen LogP contribution in [0.5, 0.6) is 11.5 Å². The van der Waals surface area contributed by atoms with Gasteiger partial charge in [0.05, 0.1) is 18.5 Å². The number of nitrogens with one attached hydrogen (secondary N) is 2. The van der Waals surface area contributed by atoms with Crippen molar-refractivity contribution in [1.29, 1.82) is 0 Å². The van der Waals surface area contributed by atoms with E-state index in [9.17, 15) is 13.2 Å². The molecule has 0 aromatic heterocycles. The van der Waals surface area contributed by atoms with E-state index < -0.39 is 16.2 Å². The van der Waals surface area contributed by atoms with Crippen molar-refractivity contribution in [3.05, 3.63) is 114 Å². The zero-order valence-corrected chi connectivity index (χ0v) is 21.5. The summed E-state index contributed by atoms with van der Waals surface area (Å²) in [5.41, 5.74) is 2.73. The average Bonchev–Trinajstić information content (AvgIpc) is 2.94. The molecule has 4 aromatic carbocycles. The second-order valence-electron chi connectivity index (χ2n) is 8.69. The van der Waals surface area contributed by atoms with Crippen LogP contribution in [-0.4, -0.2) is 32.3 Å². The van der Waals surface area contributed by atoms with Crippen molar-refractivity contribution in [2.24, 2.45) is 0 Å². The second-order valence-corrected chi connectivity index (χ2v) is 10.5. The van der Waals surface area contributed by atoms with Crippen LogP contribution in [0.3, 0.4) is 0 Å². The van der Waals surface area contributed by atoms with Gasteiger partial charge in [-0.05, 0) is 47.5 Å². The number of anilines is 2. The number of ether oxygens (including phenoxy) is 2. The maximum atomic E-state index is 13.6. The normalized spacial score (nSPS) is 16.1. The van der Waals surface area contributed by atoms with Gasteiger partial charge < -0.3 is 20.1 Å². The average molecular weight is 530 g/mol. The molecule has 1 aliphatic heterocycles. The Hall–Kier alpha value is -4.34. The molecule has 0 saturated heterocycles. The van der Waals surface area contributed by atoms with Gasteiger partial charge in [0.1, 0.15) is 22.6 Å². The van der Waals surface area contributed by atoms with Crippen LogP contribution in [0.4, 0.5) is 11.4 Å². The van der Waals surface area contributed by atoms with E-state index in [1.54, 1.807) is 66.7 Å². The lowest BCUT2D eigenvalue weighted by Gasteiger charge is -2.37. The van der Waals surface area contributed by atoms with Crippen LogP contribution in [0.2, 0.25) is 0 Å². The standard InChI is InChI=1S/C29H27N3O5S/c1-36-26-13-7-5-11-24(26)30-28(33)20-37-23-17-15-22(16-18-23)29-31-25-12-6-8-14-27(25)38(34,35)32(29)19-21-9-3-2-4-10-21/h2-18,29,31H,19-20H2,1H3,(H,30,33). The van der Waals surface area contributed by atoms with E-state index in [-0.39, 0.29) is 24.0 Å². The molecule has 0 spiro atoms. The van der Waals surface area contributed by atoms with Crippen LogP contribution in [0.15, 0.2) is 108 Å². The third-order valence-electron chi connectivity index (χ3n) is 6.18. The predicted octanol–water partition coefficient (Wildman–Crippen LogP) is 5.03. The number of carbonyl (C=O) groups excluding carboxylic acids is 1. The molecule has 1 amide bonds. The smallest absolute Gasteiger partial charge is 0.262 e. The number of nitrogens with zero attached hydrogens (tertiary/aromatic N) is 1. The number of sulfonamides is 1. The van der Waals surface area contributed by atoms with E-state index in [0.29, 0.717) is 22.9 Å². The fraction of sp³-hybridized carbons (Fsp3) is 0.138. The molecule has 1 heterocycles. The van der Waals surface area contributed by atoms with Crippen LogP contribution < -0.4 is 20.1 Å². The van der Waals surface area contributed by atoms with Crippen molar-refractivity contribution in [3.8, 4) is 11.5 Å². The van der Waals surface area contributed by atoms with Gasteiger partial charge in [-0.3, -0.25) is 4.79 Å². The largest absolute Gasteiger partial charge is 0.495 e. The highest BCUT2D eigenvalue weighted by Gasteiger charge is 2.38. The number of para-hydroxylation sites is 3. The molecule has 9 heteroatoms. The number of hydrogen-bond donors (Lipinski definition) is 2. The summed E-state index contributed by atoms with van der Waals surface area (Å²) in [6.07, 6.45) is -0.627. The topological polar surface area (TPSA) is 97.0 Å². The molecule has 0 saturated carbocycles. The molecule has 8 nitrogen and oxygen atoms in total. The lowest BCUT2D eigenvalue weighted by atomic mass is 10.1. The lowest BCUT2D eigenvalue weighted by Crippen LogP contribution is -2.42. The van der Waals surface area contributed by atoms with Crippen molar-refractivity contribution in [2.75, 3.05) is 24.4 Å². The van der Waals surface area contributed by atoms with Crippen molar-refractivity contribution in [3.63, 3.8) is 0 Å². The minimum atomic E-state index is -3.77. The van der Waals surface area contributed by atoms with E-state index in [1.165, 1.54) is 11.4 Å². The van der Waals surface area contributed by atoms with Gasteiger partial charge in [0.15, 0.2) is 6.61 Å². The quantitative estimate of drug-likeness (QED) is 0.332. The second kappa shape index (κ2) is 11.0. The first kappa shape index (κ1) is 25.3. The molecule has 0 bridgehead atoms. The van der Waals surface area contributed by atoms with Gasteiger partial charge in [0, 0.05) is 6.54 Å². The maximum absolute atomic E-state index is 13.6. The first-order valence-corrected chi connectivity index (χ1v) is 13.5. The Kier molecular flexibility index (Phi) is 7.30. The monoisotopic (exact) mass is 529 g/mol. The first-order valence-electron chi connectivity index (χ1n) is 12.0. The summed E-state index contributed by atoms with van der Waals surface area (Å²) in [4.78, 5) is 12.6. The molecule has 0 radical (unpaired) electrons. The van der Waals surface area contributed by atoms with Crippen LogP contribution in [-0.2, 0) is 21.4 Å². The number of methoxy groups -OCH3 is 1. The third kappa shape index (κ3) is 5.34. The van der Waals surface area contributed by atoms with E-state index in [1.807, 2.05) is 36.4 Å². The predicted molar refractivity (Wildman–Crippen MR) is 146 cm³/mol. The Morgan fingerprint density at radius 1 is 0.895 bits per heavy atom. The highest BCUT2D eigenvalue weighted by molar-refractivity contribution is 7.89. The minimum Gasteiger partial charge on any atom is -0.495 e. The molecule has 4 aromatic rings. The molecular weight excluding hydrogens is 502 g/mol. The molecule has 0 aliphatic carbocycles. The van der Waals surface area contributed by atoms with Gasteiger partial charge in [-0.1, -0.05) is 66.7 Å². The van der Waals surface area contributed by atoms with Gasteiger partial charge in [-0.2, -0.15) is 4.31 Å². The highest BCUT2D eigenvalue weighted by Crippen LogP contribution is 2.39. The van der Waals surface area contributed by atoms with Crippen molar-refractivity contribution < 1.29 is 22.7 Å². The first-order chi connectivity index (χ1) is 18.5. The summed E-state index contributed by atoms with van der Waals surface area (Å²) in [5.74, 6) is 0.712. The Labute approximate surface area is 221 Å². The summed E-state index contributed by atoms with van der Waals surface area (Å²) in [5, 5.41) is 6.15. The molecule has 5 rings (SSSR count). The summed E-state index contributed by atoms with van der Waals surface area (Å²) in [6, 6.07) is 30.5. The van der Waals surface area contributed by atoms with Gasteiger partial charge in [0.25, 0.3) is 5.91 Å². The number of fused-ring (bicyclic) bond motifs is 1. The Balaban J connectivity index is 1.33. The van der Waals surface area contributed by atoms with E-state index in [0.717, 1.165) is 11.1 Å². The highest BCUT2D eigenvalue weighted by atomic mass is 32.2. The summed E-state index contributed by atoms with van der Waals surface area (Å²) >= 11 is 0. The van der Waals surface area contributed by atoms with Crippen LogP contribution in [0.25, 0.3) is 0 Å². The van der Waals surface area contributed by atoms with Crippen LogP contribution in [0, 0.1) is 0 Å². The molecule has 194 valence electrons. The summed E-state index contributed by atoms with van der Waals surface area (Å²) in [6.45, 7) is 0.0114. The molecule has 0 fully saturated rings. The number of benzene rings is 4. The lowest BCUT2D eigenvalue weighted by molar-refractivity contribution is -0.118. The third-order valence-corrected chi connectivity index (χ3v) is 8.05. The molecule has 2 N–H and O–H groups in total. The fourth-order valence-electron chi connectivity index (χ4n) is 4.31. The Bertz CT molecular complexity index is 1530. The van der Waals surface area contributed by atoms with Gasteiger partial charge in [-0.25, -0.2) is 8.42 Å². The Morgan fingerprint density at radius 3 is 2.34 bits per heavy atom. The van der Waals surface area contributed by atoms with Gasteiger partial charge in [-0.15, -0.1) is 0 Å². The molecule has 1 atom stereocenters. The fourth-order valence-corrected chi connectivity index (χ4v) is 5.99. The van der Waals surface area contributed by atoms with Crippen molar-refractivity contribution in [2.45, 2.75) is 17.6 Å². The minimum absolute atomic E-state index is 0.193. The van der Waals surface area contributed by atoms with Gasteiger partial charge in [0.2, 0.25) is 10.0 Å². The molecule has 1 aliphatic rings. The SMILES string of the molecule is COc1ccccc1NC(=O)COc1ccc(C2Nc3ccccc3S(=O)(=O)N2Cc2ccccc2)cc1. The number of amides is 1. The summed E-state index contributed by atoms with van der Waals surface area (Å²) < 4.78 is 39.7. The maximum Gasteiger partial charge on any atom is 0.262 e. The van der Waals surface area contributed by atoms with Crippen molar-refractivity contribution in [1.82, 2.24) is 4.31 Å². The Morgan fingerprint density at radius 2 is 1.58 bits per heavy atom. The molecule has 38 heavy (non-hydrogen) atoms. The van der Waals surface area contributed by atoms with E-state index >= 15 is 0 Å². The molecule has 1 unspecified atom stereocenters. The summed E-state index contributed by atoms with van der Waals surface area (Å²) in [7, 11) is -2.23. The number of rotatable bonds is 8. The van der Waals surface area contributed by atoms with Gasteiger partial charge >= 0.3 is 0 Å². The van der Waals surface area contributed by atoms with E-state index in [2.05, 4.69) is 10.6 Å². The molecular formula is C29H27N3O5S. The van der Waals surface area contributed by atoms with Crippen molar-refractivity contribution >= 4 is 27.3 Å². The number of carbonyl (C=O) groups is 1. The zero-order valence-electron chi connectivity index (χ0n) is 20.7. The van der Waals surface area contributed by atoms with Crippen LogP contribution in [0.1, 0.15) is 17.3 Å².